The maximum Gasteiger partial charge on any atom is 0.416 e. The van der Waals surface area contributed by atoms with Crippen LogP contribution in [0.1, 0.15) is 27.0 Å². The Labute approximate surface area is 173 Å². The molecular weight excluding hydrogens is 421 g/mol. The highest BCUT2D eigenvalue weighted by Crippen LogP contribution is 2.29. The Morgan fingerprint density at radius 3 is 2.40 bits per heavy atom. The van der Waals surface area contributed by atoms with Crippen LogP contribution in [0, 0.1) is 0 Å². The second kappa shape index (κ2) is 8.62. The van der Waals surface area contributed by atoms with Crippen molar-refractivity contribution < 1.29 is 27.8 Å². The van der Waals surface area contributed by atoms with E-state index in [0.717, 1.165) is 28.0 Å². The van der Waals surface area contributed by atoms with Crippen molar-refractivity contribution in [2.24, 2.45) is 0 Å². The lowest BCUT2D eigenvalue weighted by Gasteiger charge is -2.12. The number of aromatic hydroxyl groups is 1. The quantitative estimate of drug-likeness (QED) is 0.616. The number of carbonyl (C=O) groups excluding carboxylic acids is 1. The summed E-state index contributed by atoms with van der Waals surface area (Å²) in [4.78, 5) is 24.1. The van der Waals surface area contributed by atoms with E-state index < -0.39 is 17.6 Å². The first-order valence-corrected chi connectivity index (χ1v) is 9.55. The van der Waals surface area contributed by atoms with Gasteiger partial charge in [-0.25, -0.2) is 0 Å². The number of methoxy groups -OCH3 is 1. The van der Waals surface area contributed by atoms with Crippen molar-refractivity contribution in [1.82, 2.24) is 9.88 Å². The van der Waals surface area contributed by atoms with Crippen molar-refractivity contribution >= 4 is 17.2 Å². The number of carbonyl (C=O) groups is 1. The molecule has 0 saturated carbocycles. The monoisotopic (exact) mass is 438 g/mol. The molecule has 0 aliphatic rings. The number of halogens is 3. The molecule has 0 aliphatic heterocycles. The van der Waals surface area contributed by atoms with Gasteiger partial charge in [0.2, 0.25) is 5.88 Å². The summed E-state index contributed by atoms with van der Waals surface area (Å²) in [6.07, 6.45) is -4.42. The third-order valence-corrected chi connectivity index (χ3v) is 5.10. The van der Waals surface area contributed by atoms with Gasteiger partial charge < -0.3 is 15.2 Å². The zero-order chi connectivity index (χ0) is 21.9. The minimum Gasteiger partial charge on any atom is -0.496 e. The first-order chi connectivity index (χ1) is 14.2. The van der Waals surface area contributed by atoms with E-state index in [2.05, 4.69) is 5.32 Å². The predicted molar refractivity (Wildman–Crippen MR) is 105 cm³/mol. The molecule has 0 unspecified atom stereocenters. The van der Waals surface area contributed by atoms with Crippen LogP contribution in [-0.2, 0) is 19.3 Å². The Morgan fingerprint density at radius 1 is 1.17 bits per heavy atom. The first-order valence-electron chi connectivity index (χ1n) is 8.67. The van der Waals surface area contributed by atoms with E-state index in [-0.39, 0.29) is 29.4 Å². The van der Waals surface area contributed by atoms with E-state index in [1.807, 2.05) is 0 Å². The summed E-state index contributed by atoms with van der Waals surface area (Å²) in [5.74, 6) is -0.366. The number of ether oxygens (including phenoxy) is 1. The summed E-state index contributed by atoms with van der Waals surface area (Å²) in [6.45, 7) is 0.0898. The van der Waals surface area contributed by atoms with E-state index in [1.54, 1.807) is 12.1 Å². The Morgan fingerprint density at radius 2 is 1.83 bits per heavy atom. The first kappa shape index (κ1) is 21.4. The van der Waals surface area contributed by atoms with E-state index >= 15 is 0 Å². The van der Waals surface area contributed by atoms with Crippen LogP contribution in [0.25, 0.3) is 0 Å². The lowest BCUT2D eigenvalue weighted by molar-refractivity contribution is -0.137. The summed E-state index contributed by atoms with van der Waals surface area (Å²) in [7, 11) is 1.40. The van der Waals surface area contributed by atoms with E-state index in [0.29, 0.717) is 16.9 Å². The molecule has 2 N–H and O–H groups in total. The average molecular weight is 438 g/mol. The summed E-state index contributed by atoms with van der Waals surface area (Å²) in [6, 6.07) is 9.25. The maximum atomic E-state index is 12.6. The maximum absolute atomic E-state index is 12.6. The van der Waals surface area contributed by atoms with Crippen LogP contribution in [0.3, 0.4) is 0 Å². The lowest BCUT2D eigenvalue weighted by Crippen LogP contribution is -2.24. The number of nitrogens with one attached hydrogen (secondary N) is 1. The van der Waals surface area contributed by atoms with Gasteiger partial charge in [0.25, 0.3) is 5.91 Å². The highest BCUT2D eigenvalue weighted by Gasteiger charge is 2.29. The van der Waals surface area contributed by atoms with Crippen molar-refractivity contribution in [2.75, 3.05) is 7.11 Å². The van der Waals surface area contributed by atoms with Crippen molar-refractivity contribution in [1.29, 1.82) is 0 Å². The number of benzene rings is 2. The van der Waals surface area contributed by atoms with Gasteiger partial charge in [0.15, 0.2) is 0 Å². The van der Waals surface area contributed by atoms with Crippen LogP contribution in [0.5, 0.6) is 11.6 Å². The predicted octanol–water partition coefficient (Wildman–Crippen LogP) is 3.62. The molecule has 6 nitrogen and oxygen atoms in total. The number of hydrogen-bond donors (Lipinski definition) is 2. The van der Waals surface area contributed by atoms with Crippen molar-refractivity contribution in [3.63, 3.8) is 0 Å². The Kier molecular flexibility index (Phi) is 6.16. The zero-order valence-electron chi connectivity index (χ0n) is 15.7. The van der Waals surface area contributed by atoms with Crippen LogP contribution >= 0.6 is 11.3 Å². The third kappa shape index (κ3) is 4.82. The average Bonchev–Trinajstić information content (AvgIpc) is 3.03. The van der Waals surface area contributed by atoms with Crippen LogP contribution in [0.15, 0.2) is 52.6 Å². The third-order valence-electron chi connectivity index (χ3n) is 4.35. The lowest BCUT2D eigenvalue weighted by atomic mass is 10.1. The van der Waals surface area contributed by atoms with E-state index in [4.69, 9.17) is 4.74 Å². The Balaban J connectivity index is 1.75. The summed E-state index contributed by atoms with van der Waals surface area (Å²) < 4.78 is 44.3. The molecular formula is C20H17F3N2O4S. The number of amides is 1. The fraction of sp³-hybridized carbons (Fsp3) is 0.200. The second-order valence-corrected chi connectivity index (χ2v) is 7.18. The summed E-state index contributed by atoms with van der Waals surface area (Å²) in [5, 5.41) is 13.7. The van der Waals surface area contributed by atoms with Gasteiger partial charge in [-0.05, 0) is 35.4 Å². The summed E-state index contributed by atoms with van der Waals surface area (Å²) in [5.41, 5.74) is 0.524. The molecule has 0 radical (unpaired) electrons. The molecule has 158 valence electrons. The molecule has 0 atom stereocenters. The normalized spacial score (nSPS) is 11.3. The largest absolute Gasteiger partial charge is 0.496 e. The SMILES string of the molecule is COc1ccc(Cn2c(O)csc2=O)cc1C(=O)NCc1ccc(C(F)(F)F)cc1. The highest BCUT2D eigenvalue weighted by atomic mass is 32.1. The van der Waals surface area contributed by atoms with Gasteiger partial charge in [-0.15, -0.1) is 0 Å². The van der Waals surface area contributed by atoms with Crippen LogP contribution in [-0.4, -0.2) is 22.7 Å². The highest BCUT2D eigenvalue weighted by molar-refractivity contribution is 7.07. The molecule has 0 aliphatic carbocycles. The fourth-order valence-corrected chi connectivity index (χ4v) is 3.39. The van der Waals surface area contributed by atoms with Gasteiger partial charge >= 0.3 is 11.0 Å². The van der Waals surface area contributed by atoms with Gasteiger partial charge in [0.1, 0.15) is 5.75 Å². The number of thiazole rings is 1. The Hall–Kier alpha value is -3.27. The second-order valence-electron chi connectivity index (χ2n) is 6.36. The van der Waals surface area contributed by atoms with Gasteiger partial charge in [-0.1, -0.05) is 29.5 Å². The molecule has 3 aromatic rings. The molecule has 1 amide bonds. The number of hydrogen-bond acceptors (Lipinski definition) is 5. The molecule has 3 rings (SSSR count). The fourth-order valence-electron chi connectivity index (χ4n) is 2.77. The molecule has 0 fully saturated rings. The standard InChI is InChI=1S/C20H17F3N2O4S/c1-29-16-7-4-13(10-25-17(26)11-30-19(25)28)8-15(16)18(27)24-9-12-2-5-14(6-3-12)20(21,22)23/h2-8,11,26H,9-10H2,1H3,(H,24,27). The molecule has 1 heterocycles. The summed E-state index contributed by atoms with van der Waals surface area (Å²) >= 11 is 0.860. The number of nitrogens with zero attached hydrogens (tertiary/aromatic N) is 1. The van der Waals surface area contributed by atoms with Gasteiger partial charge in [-0.3, -0.25) is 14.2 Å². The molecule has 0 bridgehead atoms. The Bertz CT molecular complexity index is 1100. The van der Waals surface area contributed by atoms with Gasteiger partial charge in [0, 0.05) is 6.54 Å². The van der Waals surface area contributed by atoms with Gasteiger partial charge in [0.05, 0.1) is 30.2 Å². The topological polar surface area (TPSA) is 80.6 Å². The van der Waals surface area contributed by atoms with E-state index in [9.17, 15) is 27.9 Å². The van der Waals surface area contributed by atoms with Crippen molar-refractivity contribution in [3.05, 3.63) is 79.8 Å². The number of aromatic nitrogens is 1. The molecule has 0 saturated heterocycles. The van der Waals surface area contributed by atoms with Crippen LogP contribution in [0.4, 0.5) is 13.2 Å². The molecule has 10 heteroatoms. The molecule has 1 aromatic heterocycles. The minimum absolute atomic E-state index is 0.0229. The minimum atomic E-state index is -4.42. The number of alkyl halides is 3. The molecule has 2 aromatic carbocycles. The smallest absolute Gasteiger partial charge is 0.416 e. The van der Waals surface area contributed by atoms with E-state index in [1.165, 1.54) is 30.7 Å². The molecule has 30 heavy (non-hydrogen) atoms. The van der Waals surface area contributed by atoms with Gasteiger partial charge in [-0.2, -0.15) is 13.2 Å². The van der Waals surface area contributed by atoms with Crippen LogP contribution < -0.4 is 14.9 Å². The van der Waals surface area contributed by atoms with Crippen molar-refractivity contribution in [2.45, 2.75) is 19.3 Å². The van der Waals surface area contributed by atoms with Crippen LogP contribution in [0.2, 0.25) is 0 Å². The number of rotatable bonds is 6. The van der Waals surface area contributed by atoms with Crippen molar-refractivity contribution in [3.8, 4) is 11.6 Å². The zero-order valence-corrected chi connectivity index (χ0v) is 16.5. The molecule has 0 spiro atoms.